The Morgan fingerprint density at radius 3 is 2.46 bits per heavy atom. The minimum atomic E-state index is -0.403. The van der Waals surface area contributed by atoms with Gasteiger partial charge in [-0.1, -0.05) is 15.9 Å². The van der Waals surface area contributed by atoms with Gasteiger partial charge < -0.3 is 0 Å². The van der Waals surface area contributed by atoms with E-state index in [0.29, 0.717) is 5.56 Å². The number of rotatable bonds is 3. The highest BCUT2D eigenvalue weighted by Gasteiger charge is 2.15. The first-order valence-electron chi connectivity index (χ1n) is 3.65. The molecule has 1 nitrogen and oxygen atoms in total. The Labute approximate surface area is 89.0 Å². The zero-order chi connectivity index (χ0) is 9.84. The summed E-state index contributed by atoms with van der Waals surface area (Å²) < 4.78 is 12.5. The number of alkyl halides is 2. The summed E-state index contributed by atoms with van der Waals surface area (Å²) >= 11 is 8.61. The first-order chi connectivity index (χ1) is 6.15. The minimum Gasteiger partial charge on any atom is -0.293 e. The number of benzene rings is 1. The molecule has 0 heterocycles. The van der Waals surface area contributed by atoms with E-state index in [2.05, 4.69) is 15.9 Å². The second kappa shape index (κ2) is 4.72. The first-order valence-corrected chi connectivity index (χ1v) is 5.10. The number of hydrogen-bond donors (Lipinski definition) is 0. The van der Waals surface area contributed by atoms with Crippen LogP contribution >= 0.6 is 27.5 Å². The Morgan fingerprint density at radius 1 is 1.46 bits per heavy atom. The Hall–Kier alpha value is -0.410. The molecule has 1 unspecified atom stereocenters. The van der Waals surface area contributed by atoms with Gasteiger partial charge in [0.2, 0.25) is 0 Å². The van der Waals surface area contributed by atoms with E-state index in [-0.39, 0.29) is 17.5 Å². The van der Waals surface area contributed by atoms with Crippen LogP contribution in [0, 0.1) is 5.82 Å². The molecule has 1 rings (SSSR count). The third-order valence-corrected chi connectivity index (χ3v) is 2.97. The van der Waals surface area contributed by atoms with Crippen molar-refractivity contribution in [2.24, 2.45) is 0 Å². The van der Waals surface area contributed by atoms with Crippen molar-refractivity contribution in [2.45, 2.75) is 4.83 Å². The molecule has 0 amide bonds. The molecular formula is C9H7BrClFO. The summed E-state index contributed by atoms with van der Waals surface area (Å²) in [4.78, 5) is 11.0. The third-order valence-electron chi connectivity index (χ3n) is 1.55. The molecule has 1 aromatic carbocycles. The molecule has 4 heteroatoms. The van der Waals surface area contributed by atoms with Crippen molar-refractivity contribution in [3.63, 3.8) is 0 Å². The summed E-state index contributed by atoms with van der Waals surface area (Å²) in [5.74, 6) is -0.278. The van der Waals surface area contributed by atoms with Crippen molar-refractivity contribution >= 4 is 33.3 Å². The smallest absolute Gasteiger partial charge is 0.177 e. The van der Waals surface area contributed by atoms with Crippen molar-refractivity contribution in [2.75, 3.05) is 5.88 Å². The lowest BCUT2D eigenvalue weighted by Crippen LogP contribution is -2.15. The molecule has 13 heavy (non-hydrogen) atoms. The minimum absolute atomic E-state index is 0.130. The monoisotopic (exact) mass is 264 g/mol. The van der Waals surface area contributed by atoms with Crippen LogP contribution in [0.4, 0.5) is 4.39 Å². The molecule has 0 spiro atoms. The number of Topliss-reactive ketones (excluding diaryl/α,β-unsaturated/α-hetero) is 1. The summed E-state index contributed by atoms with van der Waals surface area (Å²) in [6, 6.07) is 5.39. The van der Waals surface area contributed by atoms with Crippen molar-refractivity contribution < 1.29 is 9.18 Å². The van der Waals surface area contributed by atoms with Crippen LogP contribution in [0.5, 0.6) is 0 Å². The highest BCUT2D eigenvalue weighted by Crippen LogP contribution is 2.12. The van der Waals surface area contributed by atoms with Gasteiger partial charge in [0.1, 0.15) is 5.82 Å². The Morgan fingerprint density at radius 2 is 2.00 bits per heavy atom. The molecule has 0 aliphatic heterocycles. The van der Waals surface area contributed by atoms with Gasteiger partial charge in [-0.25, -0.2) is 4.39 Å². The maximum Gasteiger partial charge on any atom is 0.177 e. The number of carbonyl (C=O) groups excluding carboxylic acids is 1. The zero-order valence-electron chi connectivity index (χ0n) is 6.64. The van der Waals surface area contributed by atoms with E-state index in [1.54, 1.807) is 0 Å². The summed E-state index contributed by atoms with van der Waals surface area (Å²) in [7, 11) is 0. The van der Waals surface area contributed by atoms with E-state index in [1.165, 1.54) is 24.3 Å². The fraction of sp³-hybridized carbons (Fsp3) is 0.222. The van der Waals surface area contributed by atoms with Gasteiger partial charge in [0.05, 0.1) is 4.83 Å². The van der Waals surface area contributed by atoms with E-state index in [0.717, 1.165) is 0 Å². The lowest BCUT2D eigenvalue weighted by molar-refractivity contribution is 0.0997. The SMILES string of the molecule is O=C(c1ccc(F)cc1)C(Br)CCl. The van der Waals surface area contributed by atoms with E-state index in [9.17, 15) is 9.18 Å². The molecule has 0 bridgehead atoms. The molecule has 0 radical (unpaired) electrons. The highest BCUT2D eigenvalue weighted by molar-refractivity contribution is 9.10. The van der Waals surface area contributed by atoms with Gasteiger partial charge in [-0.2, -0.15) is 0 Å². The van der Waals surface area contributed by atoms with Crippen LogP contribution in [0.3, 0.4) is 0 Å². The Balaban J connectivity index is 2.83. The Kier molecular flexibility index (Phi) is 3.88. The molecule has 0 saturated carbocycles. The number of hydrogen-bond acceptors (Lipinski definition) is 1. The second-order valence-corrected chi connectivity index (χ2v) is 3.91. The summed E-state index contributed by atoms with van der Waals surface area (Å²) in [5.41, 5.74) is 0.462. The number of carbonyl (C=O) groups is 1. The van der Waals surface area contributed by atoms with Crippen LogP contribution in [0.2, 0.25) is 0 Å². The van der Waals surface area contributed by atoms with Gasteiger partial charge >= 0.3 is 0 Å². The van der Waals surface area contributed by atoms with Crippen molar-refractivity contribution in [1.29, 1.82) is 0 Å². The van der Waals surface area contributed by atoms with Crippen LogP contribution in [-0.4, -0.2) is 16.5 Å². The normalized spacial score (nSPS) is 12.5. The quantitative estimate of drug-likeness (QED) is 0.606. The van der Waals surface area contributed by atoms with Crippen LogP contribution in [0.1, 0.15) is 10.4 Å². The number of halogens is 3. The molecule has 1 aromatic rings. The van der Waals surface area contributed by atoms with Crippen LogP contribution in [0.15, 0.2) is 24.3 Å². The number of ketones is 1. The van der Waals surface area contributed by atoms with Crippen molar-refractivity contribution in [3.8, 4) is 0 Å². The molecule has 70 valence electrons. The molecule has 1 atom stereocenters. The van der Waals surface area contributed by atoms with Gasteiger partial charge in [0.15, 0.2) is 5.78 Å². The van der Waals surface area contributed by atoms with Crippen molar-refractivity contribution in [1.82, 2.24) is 0 Å². The highest BCUT2D eigenvalue weighted by atomic mass is 79.9. The lowest BCUT2D eigenvalue weighted by atomic mass is 10.1. The molecule has 0 aromatic heterocycles. The topological polar surface area (TPSA) is 17.1 Å². The predicted molar refractivity (Wildman–Crippen MR) is 54.2 cm³/mol. The average Bonchev–Trinajstić information content (AvgIpc) is 2.17. The Bertz CT molecular complexity index is 299. The van der Waals surface area contributed by atoms with Gasteiger partial charge in [0.25, 0.3) is 0 Å². The molecule has 0 N–H and O–H groups in total. The van der Waals surface area contributed by atoms with E-state index >= 15 is 0 Å². The van der Waals surface area contributed by atoms with Crippen LogP contribution in [-0.2, 0) is 0 Å². The van der Waals surface area contributed by atoms with E-state index in [1.807, 2.05) is 0 Å². The van der Waals surface area contributed by atoms with E-state index in [4.69, 9.17) is 11.6 Å². The standard InChI is InChI=1S/C9H7BrClFO/c10-8(5-11)9(13)6-1-3-7(12)4-2-6/h1-4,8H,5H2. The maximum absolute atomic E-state index is 12.5. The fourth-order valence-corrected chi connectivity index (χ4v) is 1.27. The predicted octanol–water partition coefficient (Wildman–Crippen LogP) is 3.01. The van der Waals surface area contributed by atoms with Gasteiger partial charge in [-0.3, -0.25) is 4.79 Å². The summed E-state index contributed by atoms with van der Waals surface area (Å²) in [6.07, 6.45) is 0. The molecule has 0 saturated heterocycles. The molecule has 0 aliphatic rings. The lowest BCUT2D eigenvalue weighted by Gasteiger charge is -2.03. The van der Waals surface area contributed by atoms with Crippen molar-refractivity contribution in [3.05, 3.63) is 35.6 Å². The molecule has 0 aliphatic carbocycles. The largest absolute Gasteiger partial charge is 0.293 e. The van der Waals surface area contributed by atoms with Crippen LogP contribution < -0.4 is 0 Å². The first kappa shape index (κ1) is 10.7. The van der Waals surface area contributed by atoms with E-state index < -0.39 is 4.83 Å². The molecule has 0 fully saturated rings. The van der Waals surface area contributed by atoms with Crippen LogP contribution in [0.25, 0.3) is 0 Å². The summed E-state index contributed by atoms with van der Waals surface area (Å²) in [6.45, 7) is 0. The maximum atomic E-state index is 12.5. The zero-order valence-corrected chi connectivity index (χ0v) is 8.98. The average molecular weight is 266 g/mol. The van der Waals surface area contributed by atoms with Gasteiger partial charge in [-0.05, 0) is 24.3 Å². The fourth-order valence-electron chi connectivity index (χ4n) is 0.865. The molecular weight excluding hydrogens is 258 g/mol. The second-order valence-electron chi connectivity index (χ2n) is 2.49. The third kappa shape index (κ3) is 2.78. The van der Waals surface area contributed by atoms with Gasteiger partial charge in [0, 0.05) is 11.4 Å². The van der Waals surface area contributed by atoms with Gasteiger partial charge in [-0.15, -0.1) is 11.6 Å². The summed E-state index contributed by atoms with van der Waals surface area (Å²) in [5, 5.41) is 0.